The number of benzene rings is 2. The monoisotopic (exact) mass is 504 g/mol. The number of imidazole rings is 1. The summed E-state index contributed by atoms with van der Waals surface area (Å²) in [5, 5.41) is 9.99. The number of nitrogens with one attached hydrogen (secondary N) is 3. The van der Waals surface area contributed by atoms with Crippen LogP contribution in [0.4, 0.5) is 5.69 Å². The molecule has 0 saturated carbocycles. The van der Waals surface area contributed by atoms with Gasteiger partial charge >= 0.3 is 0 Å². The quantitative estimate of drug-likeness (QED) is 0.328. The Morgan fingerprint density at radius 3 is 2.65 bits per heavy atom. The molecular weight excluding hydrogens is 472 g/mol. The Bertz CT molecular complexity index is 1400. The van der Waals surface area contributed by atoms with Crippen molar-refractivity contribution in [2.45, 2.75) is 19.8 Å². The van der Waals surface area contributed by atoms with Crippen LogP contribution in [0.3, 0.4) is 0 Å². The number of anilines is 1. The van der Waals surface area contributed by atoms with Crippen LogP contribution in [0.1, 0.15) is 28.8 Å². The van der Waals surface area contributed by atoms with Gasteiger partial charge in [0.05, 0.1) is 49.3 Å². The number of fused-ring (bicyclic) bond motifs is 1. The van der Waals surface area contributed by atoms with E-state index in [1.165, 1.54) is 0 Å². The Balaban J connectivity index is 1.37. The van der Waals surface area contributed by atoms with Gasteiger partial charge in [0, 0.05) is 12.1 Å². The van der Waals surface area contributed by atoms with Gasteiger partial charge in [0.1, 0.15) is 11.4 Å². The lowest BCUT2D eigenvalue weighted by Crippen LogP contribution is -2.32. The molecule has 10 nitrogen and oxygen atoms in total. The number of nitrogens with zero attached hydrogens (tertiary/aromatic N) is 3. The van der Waals surface area contributed by atoms with Crippen molar-refractivity contribution in [3.8, 4) is 28.8 Å². The standard InChI is InChI=1S/C27H32N6O4/c1-16-5-6-22(35-3)18(11-16)27(34)31-21-14-28-32-25(21)26-29-19-12-23(36-4)24(13-20(19)30-26)37-15-17-7-9-33(2)10-8-17/h5-6,11-14,17H,7-10,15H2,1-4H3,(H,28,32)(H,29,30)(H,31,34). The molecule has 0 aliphatic carbocycles. The average molecular weight is 505 g/mol. The number of piperidine rings is 1. The number of aryl methyl sites for hydroxylation is 1. The van der Waals surface area contributed by atoms with E-state index in [0.717, 1.165) is 37.0 Å². The van der Waals surface area contributed by atoms with E-state index in [4.69, 9.17) is 19.2 Å². The number of likely N-dealkylation sites (tertiary alicyclic amines) is 1. The van der Waals surface area contributed by atoms with Crippen molar-refractivity contribution in [1.82, 2.24) is 25.1 Å². The molecule has 2 aromatic carbocycles. The molecule has 0 bridgehead atoms. The fourth-order valence-corrected chi connectivity index (χ4v) is 4.60. The van der Waals surface area contributed by atoms with E-state index in [1.807, 2.05) is 25.1 Å². The fourth-order valence-electron chi connectivity index (χ4n) is 4.60. The first-order valence-electron chi connectivity index (χ1n) is 12.3. The summed E-state index contributed by atoms with van der Waals surface area (Å²) in [5.41, 5.74) is 3.96. The first kappa shape index (κ1) is 24.6. The highest BCUT2D eigenvalue weighted by Crippen LogP contribution is 2.34. The minimum atomic E-state index is -0.300. The van der Waals surface area contributed by atoms with Crippen molar-refractivity contribution in [2.75, 3.05) is 46.3 Å². The molecule has 2 aromatic heterocycles. The van der Waals surface area contributed by atoms with E-state index < -0.39 is 0 Å². The summed E-state index contributed by atoms with van der Waals surface area (Å²) in [6.07, 6.45) is 3.80. The van der Waals surface area contributed by atoms with Gasteiger partial charge in [-0.1, -0.05) is 11.6 Å². The van der Waals surface area contributed by atoms with Gasteiger partial charge in [-0.25, -0.2) is 4.98 Å². The van der Waals surface area contributed by atoms with Crippen LogP contribution in [0.15, 0.2) is 36.5 Å². The molecule has 5 rings (SSSR count). The summed E-state index contributed by atoms with van der Waals surface area (Å²) in [5.74, 6) is 2.56. The molecule has 3 heterocycles. The smallest absolute Gasteiger partial charge is 0.259 e. The van der Waals surface area contributed by atoms with Crippen molar-refractivity contribution in [3.05, 3.63) is 47.7 Å². The molecule has 0 spiro atoms. The molecule has 37 heavy (non-hydrogen) atoms. The van der Waals surface area contributed by atoms with Crippen LogP contribution in [0.2, 0.25) is 0 Å². The Morgan fingerprint density at radius 2 is 1.89 bits per heavy atom. The Kier molecular flexibility index (Phi) is 7.00. The van der Waals surface area contributed by atoms with Gasteiger partial charge in [-0.15, -0.1) is 0 Å². The second-order valence-corrected chi connectivity index (χ2v) is 9.48. The number of hydrogen-bond acceptors (Lipinski definition) is 7. The summed E-state index contributed by atoms with van der Waals surface area (Å²) >= 11 is 0. The molecule has 1 amide bonds. The number of carbonyl (C=O) groups excluding carboxylic acids is 1. The van der Waals surface area contributed by atoms with Crippen molar-refractivity contribution in [2.24, 2.45) is 5.92 Å². The lowest BCUT2D eigenvalue weighted by Gasteiger charge is -2.28. The number of aromatic nitrogens is 4. The molecule has 0 atom stereocenters. The molecule has 1 fully saturated rings. The number of rotatable bonds is 8. The lowest BCUT2D eigenvalue weighted by atomic mass is 9.98. The van der Waals surface area contributed by atoms with Gasteiger partial charge in [-0.2, -0.15) is 5.10 Å². The predicted octanol–water partition coefficient (Wildman–Crippen LogP) is 4.25. The highest BCUT2D eigenvalue weighted by molar-refractivity contribution is 6.07. The van der Waals surface area contributed by atoms with Crippen molar-refractivity contribution < 1.29 is 19.0 Å². The molecule has 1 aliphatic heterocycles. The van der Waals surface area contributed by atoms with E-state index >= 15 is 0 Å². The third kappa shape index (κ3) is 5.24. The highest BCUT2D eigenvalue weighted by atomic mass is 16.5. The van der Waals surface area contributed by atoms with E-state index in [1.54, 1.807) is 32.5 Å². The molecule has 1 aliphatic rings. The van der Waals surface area contributed by atoms with E-state index in [2.05, 4.69) is 32.4 Å². The maximum absolute atomic E-state index is 13.0. The summed E-state index contributed by atoms with van der Waals surface area (Å²) < 4.78 is 17.1. The first-order chi connectivity index (χ1) is 17.9. The van der Waals surface area contributed by atoms with E-state index in [0.29, 0.717) is 58.1 Å². The number of methoxy groups -OCH3 is 2. The third-order valence-corrected chi connectivity index (χ3v) is 6.80. The Morgan fingerprint density at radius 1 is 1.11 bits per heavy atom. The summed E-state index contributed by atoms with van der Waals surface area (Å²) in [4.78, 5) is 23.4. The van der Waals surface area contributed by atoms with Gasteiger partial charge in [-0.3, -0.25) is 9.89 Å². The molecule has 0 radical (unpaired) electrons. The molecular formula is C27H32N6O4. The summed E-state index contributed by atoms with van der Waals surface area (Å²) in [6, 6.07) is 9.22. The molecule has 3 N–H and O–H groups in total. The van der Waals surface area contributed by atoms with Gasteiger partial charge in [-0.05, 0) is 58.0 Å². The number of H-pyrrole nitrogens is 2. The Labute approximate surface area is 215 Å². The van der Waals surface area contributed by atoms with Crippen LogP contribution in [-0.4, -0.2) is 71.9 Å². The highest BCUT2D eigenvalue weighted by Gasteiger charge is 2.21. The SMILES string of the molecule is COc1cc2nc(-c3[nH]ncc3NC(=O)c3cc(C)ccc3OC)[nH]c2cc1OCC1CCN(C)CC1. The Hall–Kier alpha value is -4.05. The average Bonchev–Trinajstić information content (AvgIpc) is 3.53. The van der Waals surface area contributed by atoms with Crippen LogP contribution >= 0.6 is 0 Å². The van der Waals surface area contributed by atoms with Gasteiger partial charge in [0.15, 0.2) is 17.3 Å². The van der Waals surface area contributed by atoms with Crippen molar-refractivity contribution >= 4 is 22.6 Å². The van der Waals surface area contributed by atoms with Gasteiger partial charge in [0.25, 0.3) is 5.91 Å². The van der Waals surface area contributed by atoms with Crippen LogP contribution < -0.4 is 19.5 Å². The molecule has 0 unspecified atom stereocenters. The lowest BCUT2D eigenvalue weighted by molar-refractivity contribution is 0.102. The van der Waals surface area contributed by atoms with Crippen LogP contribution in [-0.2, 0) is 0 Å². The van der Waals surface area contributed by atoms with Crippen LogP contribution in [0.25, 0.3) is 22.6 Å². The third-order valence-electron chi connectivity index (χ3n) is 6.80. The van der Waals surface area contributed by atoms with E-state index in [9.17, 15) is 4.79 Å². The number of amides is 1. The zero-order chi connectivity index (χ0) is 25.9. The second kappa shape index (κ2) is 10.5. The first-order valence-corrected chi connectivity index (χ1v) is 12.3. The number of hydrogen-bond donors (Lipinski definition) is 3. The zero-order valence-corrected chi connectivity index (χ0v) is 21.6. The normalized spacial score (nSPS) is 14.6. The largest absolute Gasteiger partial charge is 0.496 e. The predicted molar refractivity (Wildman–Crippen MR) is 142 cm³/mol. The number of ether oxygens (including phenoxy) is 3. The minimum Gasteiger partial charge on any atom is -0.496 e. The summed E-state index contributed by atoms with van der Waals surface area (Å²) in [7, 11) is 5.32. The maximum Gasteiger partial charge on any atom is 0.259 e. The van der Waals surface area contributed by atoms with E-state index in [-0.39, 0.29) is 5.91 Å². The van der Waals surface area contributed by atoms with Gasteiger partial charge in [0.2, 0.25) is 0 Å². The molecule has 4 aromatic rings. The maximum atomic E-state index is 13.0. The van der Waals surface area contributed by atoms with Crippen LogP contribution in [0, 0.1) is 12.8 Å². The number of aromatic amines is 2. The topological polar surface area (TPSA) is 117 Å². The van der Waals surface area contributed by atoms with Crippen molar-refractivity contribution in [1.29, 1.82) is 0 Å². The van der Waals surface area contributed by atoms with Gasteiger partial charge < -0.3 is 29.4 Å². The molecule has 10 heteroatoms. The second-order valence-electron chi connectivity index (χ2n) is 9.48. The minimum absolute atomic E-state index is 0.300. The molecule has 194 valence electrons. The van der Waals surface area contributed by atoms with Crippen LogP contribution in [0.5, 0.6) is 17.2 Å². The summed E-state index contributed by atoms with van der Waals surface area (Å²) in [6.45, 7) is 4.76. The number of carbonyl (C=O) groups is 1. The fraction of sp³-hybridized carbons (Fsp3) is 0.370. The zero-order valence-electron chi connectivity index (χ0n) is 21.6. The molecule has 1 saturated heterocycles. The van der Waals surface area contributed by atoms with Crippen molar-refractivity contribution in [3.63, 3.8) is 0 Å².